The summed E-state index contributed by atoms with van der Waals surface area (Å²) < 4.78 is 10.8. The van der Waals surface area contributed by atoms with Crippen LogP contribution in [-0.2, 0) is 11.3 Å². The zero-order valence-corrected chi connectivity index (χ0v) is 14.9. The minimum atomic E-state index is -0.519. The molecule has 1 heterocycles. The Labute approximate surface area is 149 Å². The fourth-order valence-corrected chi connectivity index (χ4v) is 3.10. The second kappa shape index (κ2) is 8.23. The van der Waals surface area contributed by atoms with Crippen molar-refractivity contribution in [2.75, 3.05) is 50.2 Å². The molecule has 134 valence electrons. The third kappa shape index (κ3) is 4.44. The first-order valence-corrected chi connectivity index (χ1v) is 8.61. The predicted molar refractivity (Wildman–Crippen MR) is 101 cm³/mol. The highest BCUT2D eigenvalue weighted by atomic mass is 16.5. The van der Waals surface area contributed by atoms with E-state index in [2.05, 4.69) is 29.0 Å². The van der Waals surface area contributed by atoms with E-state index >= 15 is 0 Å². The van der Waals surface area contributed by atoms with Gasteiger partial charge in [0, 0.05) is 26.7 Å². The number of likely N-dealkylation sites (N-methyl/N-ethyl adjacent to an activating group) is 1. The molecule has 0 amide bonds. The molecule has 2 aromatic rings. The number of fused-ring (bicyclic) bond motifs is 1. The number of para-hydroxylation sites is 2. The van der Waals surface area contributed by atoms with Crippen molar-refractivity contribution in [3.63, 3.8) is 0 Å². The van der Waals surface area contributed by atoms with E-state index in [0.717, 1.165) is 24.4 Å². The molecule has 0 saturated carbocycles. The van der Waals surface area contributed by atoms with E-state index in [0.29, 0.717) is 19.8 Å². The molecule has 1 unspecified atom stereocenters. The summed E-state index contributed by atoms with van der Waals surface area (Å²) in [7, 11) is 3.75. The standard InChI is InChI=1S/C20H26N2O3/c1-21-11-12-22(20-6-4-3-5-19(20)21)13-17(23)15-25-14-16-7-9-18(24-2)10-8-16/h3-10,17,23H,11-15H2,1-2H3. The van der Waals surface area contributed by atoms with Crippen molar-refractivity contribution in [3.8, 4) is 5.75 Å². The Balaban J connectivity index is 1.49. The van der Waals surface area contributed by atoms with Gasteiger partial charge in [0.05, 0.1) is 37.8 Å². The first kappa shape index (κ1) is 17.6. The molecule has 1 N–H and O–H groups in total. The monoisotopic (exact) mass is 342 g/mol. The Morgan fingerprint density at radius 2 is 1.76 bits per heavy atom. The van der Waals surface area contributed by atoms with Gasteiger partial charge in [-0.1, -0.05) is 24.3 Å². The lowest BCUT2D eigenvalue weighted by molar-refractivity contribution is 0.0319. The molecule has 0 aromatic heterocycles. The van der Waals surface area contributed by atoms with Crippen molar-refractivity contribution in [1.82, 2.24) is 0 Å². The molecule has 1 aliphatic heterocycles. The topological polar surface area (TPSA) is 45.2 Å². The summed E-state index contributed by atoms with van der Waals surface area (Å²) in [6, 6.07) is 16.1. The number of hydrogen-bond acceptors (Lipinski definition) is 5. The number of β-amino-alcohol motifs (C(OH)–C–C–N with tert-alkyl or cyclic N) is 1. The van der Waals surface area contributed by atoms with Gasteiger partial charge in [0.1, 0.15) is 5.75 Å². The fraction of sp³-hybridized carbons (Fsp3) is 0.400. The van der Waals surface area contributed by atoms with Gasteiger partial charge >= 0.3 is 0 Å². The zero-order chi connectivity index (χ0) is 17.6. The number of hydrogen-bond donors (Lipinski definition) is 1. The lowest BCUT2D eigenvalue weighted by Gasteiger charge is -2.37. The summed E-state index contributed by atoms with van der Waals surface area (Å²) in [4.78, 5) is 4.48. The molecule has 0 fully saturated rings. The highest BCUT2D eigenvalue weighted by Crippen LogP contribution is 2.31. The SMILES string of the molecule is COc1ccc(COCC(O)CN2CCN(C)c3ccccc32)cc1. The van der Waals surface area contributed by atoms with Gasteiger partial charge < -0.3 is 24.4 Å². The molecule has 5 heteroatoms. The second-order valence-electron chi connectivity index (χ2n) is 6.37. The van der Waals surface area contributed by atoms with Crippen LogP contribution < -0.4 is 14.5 Å². The van der Waals surface area contributed by atoms with Crippen molar-refractivity contribution in [2.24, 2.45) is 0 Å². The summed E-state index contributed by atoms with van der Waals surface area (Å²) in [6.07, 6.45) is -0.519. The van der Waals surface area contributed by atoms with Gasteiger partial charge in [0.15, 0.2) is 0 Å². The van der Waals surface area contributed by atoms with Crippen molar-refractivity contribution < 1.29 is 14.6 Å². The Bertz CT molecular complexity index is 675. The van der Waals surface area contributed by atoms with E-state index in [4.69, 9.17) is 9.47 Å². The third-order valence-corrected chi connectivity index (χ3v) is 4.51. The van der Waals surface area contributed by atoms with E-state index in [1.165, 1.54) is 11.4 Å². The molecule has 25 heavy (non-hydrogen) atoms. The van der Waals surface area contributed by atoms with Crippen LogP contribution in [0, 0.1) is 0 Å². The van der Waals surface area contributed by atoms with Crippen LogP contribution >= 0.6 is 0 Å². The van der Waals surface area contributed by atoms with E-state index in [1.807, 2.05) is 36.4 Å². The maximum atomic E-state index is 10.4. The largest absolute Gasteiger partial charge is 0.497 e. The van der Waals surface area contributed by atoms with Crippen LogP contribution in [-0.4, -0.2) is 51.6 Å². The number of aliphatic hydroxyl groups excluding tert-OH is 1. The Hall–Kier alpha value is -2.24. The first-order chi connectivity index (χ1) is 12.2. The number of aliphatic hydroxyl groups is 1. The molecule has 2 aromatic carbocycles. The van der Waals surface area contributed by atoms with E-state index < -0.39 is 6.10 Å². The summed E-state index contributed by atoms with van der Waals surface area (Å²) in [5.41, 5.74) is 3.45. The minimum absolute atomic E-state index is 0.320. The molecule has 0 bridgehead atoms. The van der Waals surface area contributed by atoms with Crippen molar-refractivity contribution in [3.05, 3.63) is 54.1 Å². The molecular weight excluding hydrogens is 316 g/mol. The van der Waals surface area contributed by atoms with Crippen LogP contribution in [0.3, 0.4) is 0 Å². The quantitative estimate of drug-likeness (QED) is 0.838. The van der Waals surface area contributed by atoms with Crippen LogP contribution in [0.15, 0.2) is 48.5 Å². The number of benzene rings is 2. The highest BCUT2D eigenvalue weighted by Gasteiger charge is 2.21. The Kier molecular flexibility index (Phi) is 5.79. The average Bonchev–Trinajstić information content (AvgIpc) is 2.65. The van der Waals surface area contributed by atoms with Gasteiger partial charge in [-0.3, -0.25) is 0 Å². The van der Waals surface area contributed by atoms with Gasteiger partial charge in [-0.25, -0.2) is 0 Å². The van der Waals surface area contributed by atoms with Crippen molar-refractivity contribution in [2.45, 2.75) is 12.7 Å². The maximum Gasteiger partial charge on any atom is 0.118 e. The van der Waals surface area contributed by atoms with Gasteiger partial charge in [0.25, 0.3) is 0 Å². The molecule has 0 spiro atoms. The fourth-order valence-electron chi connectivity index (χ4n) is 3.10. The molecule has 0 saturated heterocycles. The number of nitrogens with zero attached hydrogens (tertiary/aromatic N) is 2. The van der Waals surface area contributed by atoms with Crippen LogP contribution in [0.1, 0.15) is 5.56 Å². The van der Waals surface area contributed by atoms with Gasteiger partial charge in [-0.2, -0.15) is 0 Å². The molecule has 5 nitrogen and oxygen atoms in total. The molecule has 0 radical (unpaired) electrons. The lowest BCUT2D eigenvalue weighted by Crippen LogP contribution is -2.43. The van der Waals surface area contributed by atoms with Gasteiger partial charge in [-0.05, 0) is 29.8 Å². The predicted octanol–water partition coefficient (Wildman–Crippen LogP) is 2.53. The van der Waals surface area contributed by atoms with E-state index in [1.54, 1.807) is 7.11 Å². The second-order valence-corrected chi connectivity index (χ2v) is 6.37. The van der Waals surface area contributed by atoms with E-state index in [-0.39, 0.29) is 0 Å². The van der Waals surface area contributed by atoms with Gasteiger partial charge in [0.2, 0.25) is 0 Å². The molecule has 1 aliphatic rings. The number of methoxy groups -OCH3 is 1. The Morgan fingerprint density at radius 1 is 1.04 bits per heavy atom. The van der Waals surface area contributed by atoms with Crippen LogP contribution in [0.4, 0.5) is 11.4 Å². The maximum absolute atomic E-state index is 10.4. The number of ether oxygens (including phenoxy) is 2. The molecule has 3 rings (SSSR count). The van der Waals surface area contributed by atoms with Crippen LogP contribution in [0.2, 0.25) is 0 Å². The van der Waals surface area contributed by atoms with Crippen molar-refractivity contribution in [1.29, 1.82) is 0 Å². The number of anilines is 2. The van der Waals surface area contributed by atoms with Crippen LogP contribution in [0.25, 0.3) is 0 Å². The minimum Gasteiger partial charge on any atom is -0.497 e. The summed E-state index contributed by atoms with van der Waals surface area (Å²) in [5.74, 6) is 0.831. The lowest BCUT2D eigenvalue weighted by atomic mass is 10.1. The van der Waals surface area contributed by atoms with Crippen LogP contribution in [0.5, 0.6) is 5.75 Å². The highest BCUT2D eigenvalue weighted by molar-refractivity contribution is 5.73. The molecule has 1 atom stereocenters. The summed E-state index contributed by atoms with van der Waals surface area (Å²) in [5, 5.41) is 10.4. The Morgan fingerprint density at radius 3 is 2.48 bits per heavy atom. The first-order valence-electron chi connectivity index (χ1n) is 8.61. The zero-order valence-electron chi connectivity index (χ0n) is 14.9. The number of rotatable bonds is 7. The average molecular weight is 342 g/mol. The third-order valence-electron chi connectivity index (χ3n) is 4.51. The smallest absolute Gasteiger partial charge is 0.118 e. The van der Waals surface area contributed by atoms with E-state index in [9.17, 15) is 5.11 Å². The summed E-state index contributed by atoms with van der Waals surface area (Å²) >= 11 is 0. The normalized spacial score (nSPS) is 15.0. The van der Waals surface area contributed by atoms with Gasteiger partial charge in [-0.15, -0.1) is 0 Å². The summed E-state index contributed by atoms with van der Waals surface area (Å²) in [6.45, 7) is 3.24. The molecule has 0 aliphatic carbocycles. The molecular formula is C20H26N2O3. The van der Waals surface area contributed by atoms with Crippen molar-refractivity contribution >= 4 is 11.4 Å².